The number of hydrogen-bond acceptors (Lipinski definition) is 4. The van der Waals surface area contributed by atoms with Gasteiger partial charge in [0.25, 0.3) is 0 Å². The molecule has 0 aliphatic rings. The maximum atomic E-state index is 11.4. The summed E-state index contributed by atoms with van der Waals surface area (Å²) in [5.41, 5.74) is 0.909. The van der Waals surface area contributed by atoms with E-state index in [0.29, 0.717) is 18.7 Å². The summed E-state index contributed by atoms with van der Waals surface area (Å²) < 4.78 is 0. The van der Waals surface area contributed by atoms with Gasteiger partial charge in [0.2, 0.25) is 5.91 Å². The van der Waals surface area contributed by atoms with Gasteiger partial charge in [-0.05, 0) is 12.1 Å². The number of pyridine rings is 1. The molecule has 0 saturated carbocycles. The number of aromatic nitrogens is 4. The van der Waals surface area contributed by atoms with Gasteiger partial charge in [0.05, 0.1) is 0 Å². The maximum Gasteiger partial charge on any atom is 0.222 e. The molecule has 0 bridgehead atoms. The van der Waals surface area contributed by atoms with E-state index in [9.17, 15) is 4.79 Å². The van der Waals surface area contributed by atoms with Gasteiger partial charge < -0.3 is 4.90 Å². The number of aryl methyl sites for hydroxylation is 1. The van der Waals surface area contributed by atoms with Crippen LogP contribution in [0.4, 0.5) is 0 Å². The van der Waals surface area contributed by atoms with Crippen molar-refractivity contribution in [3.63, 3.8) is 0 Å². The summed E-state index contributed by atoms with van der Waals surface area (Å²) >= 11 is 0. The second kappa shape index (κ2) is 5.39. The van der Waals surface area contributed by atoms with Crippen LogP contribution in [0.2, 0.25) is 0 Å². The summed E-state index contributed by atoms with van der Waals surface area (Å²) in [6.45, 7) is 0. The molecule has 0 aromatic carbocycles. The van der Waals surface area contributed by atoms with E-state index in [4.69, 9.17) is 0 Å². The maximum absolute atomic E-state index is 11.4. The molecule has 1 N–H and O–H groups in total. The van der Waals surface area contributed by atoms with Crippen molar-refractivity contribution in [2.45, 2.75) is 12.8 Å². The number of carbonyl (C=O) groups excluding carboxylic acids is 1. The van der Waals surface area contributed by atoms with Crippen molar-refractivity contribution in [2.24, 2.45) is 0 Å². The summed E-state index contributed by atoms with van der Waals surface area (Å²) in [5, 5.41) is 6.97. The Labute approximate surface area is 105 Å². The first kappa shape index (κ1) is 12.2. The van der Waals surface area contributed by atoms with Crippen LogP contribution in [0.1, 0.15) is 12.2 Å². The van der Waals surface area contributed by atoms with Gasteiger partial charge >= 0.3 is 0 Å². The van der Waals surface area contributed by atoms with Gasteiger partial charge in [0.15, 0.2) is 5.82 Å². The second-order valence-corrected chi connectivity index (χ2v) is 4.13. The average molecular weight is 245 g/mol. The van der Waals surface area contributed by atoms with Crippen LogP contribution in [0.15, 0.2) is 24.5 Å². The molecule has 2 aromatic rings. The van der Waals surface area contributed by atoms with Crippen LogP contribution in [0, 0.1) is 0 Å². The lowest BCUT2D eigenvalue weighted by atomic mass is 10.2. The van der Waals surface area contributed by atoms with E-state index < -0.39 is 0 Å². The number of rotatable bonds is 4. The summed E-state index contributed by atoms with van der Waals surface area (Å²) in [4.78, 5) is 21.3. The van der Waals surface area contributed by atoms with Crippen molar-refractivity contribution in [3.8, 4) is 11.4 Å². The quantitative estimate of drug-likeness (QED) is 0.868. The van der Waals surface area contributed by atoms with Crippen LogP contribution in [0.25, 0.3) is 11.4 Å². The lowest BCUT2D eigenvalue weighted by molar-refractivity contribution is -0.128. The Kier molecular flexibility index (Phi) is 3.66. The van der Waals surface area contributed by atoms with Gasteiger partial charge in [-0.2, -0.15) is 5.10 Å². The standard InChI is InChI=1S/C12H15N5O/c1-17(2)11(18)4-3-10-14-12(16-15-10)9-5-7-13-8-6-9/h5-8H,3-4H2,1-2H3,(H,14,15,16). The zero-order chi connectivity index (χ0) is 13.0. The Morgan fingerprint density at radius 3 is 2.72 bits per heavy atom. The van der Waals surface area contributed by atoms with E-state index in [1.54, 1.807) is 31.4 Å². The highest BCUT2D eigenvalue weighted by molar-refractivity contribution is 5.75. The Morgan fingerprint density at radius 2 is 2.06 bits per heavy atom. The Hall–Kier alpha value is -2.24. The van der Waals surface area contributed by atoms with Gasteiger partial charge in [-0.1, -0.05) is 0 Å². The summed E-state index contributed by atoms with van der Waals surface area (Å²) in [5.74, 6) is 1.43. The van der Waals surface area contributed by atoms with E-state index in [-0.39, 0.29) is 5.91 Å². The smallest absolute Gasteiger partial charge is 0.222 e. The van der Waals surface area contributed by atoms with Crippen molar-refractivity contribution in [3.05, 3.63) is 30.4 Å². The third-order valence-corrected chi connectivity index (χ3v) is 2.54. The Morgan fingerprint density at radius 1 is 1.33 bits per heavy atom. The first-order chi connectivity index (χ1) is 8.66. The monoisotopic (exact) mass is 245 g/mol. The number of amides is 1. The van der Waals surface area contributed by atoms with Gasteiger partial charge in [0, 0.05) is 44.9 Å². The minimum atomic E-state index is 0.0804. The topological polar surface area (TPSA) is 74.8 Å². The fourth-order valence-electron chi connectivity index (χ4n) is 1.49. The van der Waals surface area contributed by atoms with Crippen molar-refractivity contribution < 1.29 is 4.79 Å². The van der Waals surface area contributed by atoms with Crippen LogP contribution in [0.5, 0.6) is 0 Å². The number of carbonyl (C=O) groups is 1. The van der Waals surface area contributed by atoms with Gasteiger partial charge in [0.1, 0.15) is 5.82 Å². The molecular formula is C12H15N5O. The van der Waals surface area contributed by atoms with E-state index in [1.807, 2.05) is 12.1 Å². The summed E-state index contributed by atoms with van der Waals surface area (Å²) in [7, 11) is 3.48. The van der Waals surface area contributed by atoms with Crippen LogP contribution < -0.4 is 0 Å². The molecule has 18 heavy (non-hydrogen) atoms. The fourth-order valence-corrected chi connectivity index (χ4v) is 1.49. The van der Waals surface area contributed by atoms with Crippen LogP contribution >= 0.6 is 0 Å². The molecule has 1 amide bonds. The molecule has 0 unspecified atom stereocenters. The molecule has 2 heterocycles. The largest absolute Gasteiger partial charge is 0.349 e. The van der Waals surface area contributed by atoms with Crippen LogP contribution in [-0.2, 0) is 11.2 Å². The zero-order valence-corrected chi connectivity index (χ0v) is 10.4. The van der Waals surface area contributed by atoms with Gasteiger partial charge in [-0.25, -0.2) is 4.98 Å². The third kappa shape index (κ3) is 2.91. The first-order valence-corrected chi connectivity index (χ1v) is 5.68. The molecular weight excluding hydrogens is 230 g/mol. The molecule has 6 nitrogen and oxygen atoms in total. The van der Waals surface area contributed by atoms with Crippen molar-refractivity contribution in [1.29, 1.82) is 0 Å². The molecule has 2 rings (SSSR count). The van der Waals surface area contributed by atoms with E-state index in [1.165, 1.54) is 0 Å². The molecule has 0 aliphatic heterocycles. The second-order valence-electron chi connectivity index (χ2n) is 4.13. The lowest BCUT2D eigenvalue weighted by Crippen LogP contribution is -2.21. The molecule has 0 atom stereocenters. The summed E-state index contributed by atoms with van der Waals surface area (Å²) in [6.07, 6.45) is 4.38. The minimum absolute atomic E-state index is 0.0804. The van der Waals surface area contributed by atoms with Crippen molar-refractivity contribution >= 4 is 5.91 Å². The molecule has 94 valence electrons. The number of nitrogens with zero attached hydrogens (tertiary/aromatic N) is 4. The van der Waals surface area contributed by atoms with Crippen LogP contribution in [0.3, 0.4) is 0 Å². The van der Waals surface area contributed by atoms with Crippen molar-refractivity contribution in [1.82, 2.24) is 25.1 Å². The molecule has 0 aliphatic carbocycles. The minimum Gasteiger partial charge on any atom is -0.349 e. The highest BCUT2D eigenvalue weighted by Crippen LogP contribution is 2.12. The number of H-pyrrole nitrogens is 1. The molecule has 2 aromatic heterocycles. The van der Waals surface area contributed by atoms with E-state index in [0.717, 1.165) is 11.4 Å². The molecule has 0 spiro atoms. The predicted molar refractivity (Wildman–Crippen MR) is 66.6 cm³/mol. The molecule has 6 heteroatoms. The van der Waals surface area contributed by atoms with Crippen LogP contribution in [-0.4, -0.2) is 45.1 Å². The van der Waals surface area contributed by atoms with Gasteiger partial charge in [-0.15, -0.1) is 0 Å². The van der Waals surface area contributed by atoms with E-state index in [2.05, 4.69) is 20.2 Å². The Balaban J connectivity index is 2.01. The van der Waals surface area contributed by atoms with Gasteiger partial charge in [-0.3, -0.25) is 14.9 Å². The first-order valence-electron chi connectivity index (χ1n) is 5.68. The average Bonchev–Trinajstić information content (AvgIpc) is 2.85. The number of hydrogen-bond donors (Lipinski definition) is 1. The van der Waals surface area contributed by atoms with Crippen molar-refractivity contribution in [2.75, 3.05) is 14.1 Å². The predicted octanol–water partition coefficient (Wildman–Crippen LogP) is 0.887. The number of nitrogens with one attached hydrogen (secondary N) is 1. The summed E-state index contributed by atoms with van der Waals surface area (Å²) in [6, 6.07) is 3.69. The zero-order valence-electron chi connectivity index (χ0n) is 10.4. The highest BCUT2D eigenvalue weighted by Gasteiger charge is 2.08. The highest BCUT2D eigenvalue weighted by atomic mass is 16.2. The molecule has 0 saturated heterocycles. The van der Waals surface area contributed by atoms with E-state index >= 15 is 0 Å². The third-order valence-electron chi connectivity index (χ3n) is 2.54. The lowest BCUT2D eigenvalue weighted by Gasteiger charge is -2.08. The molecule has 0 radical (unpaired) electrons. The molecule has 0 fully saturated rings. The fraction of sp³-hybridized carbons (Fsp3) is 0.333. The normalized spacial score (nSPS) is 10.3. The number of aromatic amines is 1. The Bertz CT molecular complexity index is 520. The SMILES string of the molecule is CN(C)C(=O)CCc1nc(-c2ccncc2)n[nH]1.